The normalized spacial score (nSPS) is 22.3. The highest BCUT2D eigenvalue weighted by atomic mass is 16.6. The number of ether oxygens (including phenoxy) is 3. The van der Waals surface area contributed by atoms with Gasteiger partial charge in [0.2, 0.25) is 0 Å². The molecule has 37 heavy (non-hydrogen) atoms. The molecule has 0 amide bonds. The predicted molar refractivity (Wildman–Crippen MR) is 139 cm³/mol. The standard InChI is InChI=1S/C29H40O8/c1-19(2)16-26(33)35-15-11-25-24(17-20(3)30)27(34)23(18-36-21(4)31)10-14-29(25,8)13-9-12-28(6,7)37-22(5)32/h9-12,15-16,24-25H,13-14,17-18H2,1-8H3/b12-9+,15-11+/t24-,25-,29-/m0/s1. The summed E-state index contributed by atoms with van der Waals surface area (Å²) in [7, 11) is 0. The Kier molecular flexibility index (Phi) is 11.9. The van der Waals surface area contributed by atoms with Crippen LogP contribution in [-0.2, 0) is 38.2 Å². The molecule has 0 radical (unpaired) electrons. The minimum atomic E-state index is -0.830. The molecule has 1 aliphatic carbocycles. The van der Waals surface area contributed by atoms with Gasteiger partial charge in [0.15, 0.2) is 5.78 Å². The average Bonchev–Trinajstić information content (AvgIpc) is 2.81. The number of allylic oxidation sites excluding steroid dienone is 4. The van der Waals surface area contributed by atoms with E-state index >= 15 is 0 Å². The van der Waals surface area contributed by atoms with Gasteiger partial charge in [0.05, 0.1) is 6.26 Å². The lowest BCUT2D eigenvalue weighted by atomic mass is 9.66. The Bertz CT molecular complexity index is 1010. The maximum Gasteiger partial charge on any atom is 0.335 e. The summed E-state index contributed by atoms with van der Waals surface area (Å²) in [6.45, 7) is 12.9. The molecule has 1 rings (SSSR count). The summed E-state index contributed by atoms with van der Waals surface area (Å²) in [5.74, 6) is -3.15. The van der Waals surface area contributed by atoms with Crippen LogP contribution in [0.15, 0.2) is 47.8 Å². The molecule has 0 saturated heterocycles. The van der Waals surface area contributed by atoms with Crippen molar-refractivity contribution in [2.45, 2.75) is 80.3 Å². The van der Waals surface area contributed by atoms with E-state index in [-0.39, 0.29) is 24.6 Å². The number of carbonyl (C=O) groups excluding carboxylic acids is 5. The molecule has 0 saturated carbocycles. The number of hydrogen-bond donors (Lipinski definition) is 0. The van der Waals surface area contributed by atoms with Gasteiger partial charge in [-0.3, -0.25) is 14.4 Å². The smallest absolute Gasteiger partial charge is 0.335 e. The monoisotopic (exact) mass is 516 g/mol. The third kappa shape index (κ3) is 11.1. The molecule has 8 heteroatoms. The molecule has 0 N–H and O–H groups in total. The van der Waals surface area contributed by atoms with Gasteiger partial charge < -0.3 is 19.0 Å². The van der Waals surface area contributed by atoms with Crippen LogP contribution in [0.2, 0.25) is 0 Å². The van der Waals surface area contributed by atoms with Gasteiger partial charge in [0, 0.05) is 37.8 Å². The number of rotatable bonds is 11. The van der Waals surface area contributed by atoms with E-state index in [4.69, 9.17) is 14.2 Å². The number of Topliss-reactive ketones (excluding diaryl/α,β-unsaturated/α-hetero) is 2. The second-order valence-electron chi connectivity index (χ2n) is 10.6. The third-order valence-electron chi connectivity index (χ3n) is 6.03. The lowest BCUT2D eigenvalue weighted by Crippen LogP contribution is -2.35. The van der Waals surface area contributed by atoms with Crippen LogP contribution in [0.25, 0.3) is 0 Å². The van der Waals surface area contributed by atoms with Gasteiger partial charge >= 0.3 is 17.9 Å². The van der Waals surface area contributed by atoms with E-state index in [1.54, 1.807) is 45.9 Å². The summed E-state index contributed by atoms with van der Waals surface area (Å²) in [4.78, 5) is 60.6. The quantitative estimate of drug-likeness (QED) is 0.124. The van der Waals surface area contributed by atoms with Crippen molar-refractivity contribution in [3.8, 4) is 0 Å². The summed E-state index contributed by atoms with van der Waals surface area (Å²) < 4.78 is 15.7. The fourth-order valence-corrected chi connectivity index (χ4v) is 4.38. The zero-order valence-electron chi connectivity index (χ0n) is 23.2. The summed E-state index contributed by atoms with van der Waals surface area (Å²) in [6.07, 6.45) is 10.6. The number of ketones is 2. The van der Waals surface area contributed by atoms with Crippen LogP contribution in [0.4, 0.5) is 0 Å². The molecule has 0 bridgehead atoms. The SMILES string of the molecule is CC(=O)C[C@@H]1C(=O)C(COC(C)=O)=CC[C@](C)(C/C=C/C(C)(C)OC(C)=O)[C@H]1/C=C/OC(=O)C=C(C)C. The molecule has 0 aromatic carbocycles. The van der Waals surface area contributed by atoms with E-state index in [9.17, 15) is 24.0 Å². The Hall–Kier alpha value is -3.29. The van der Waals surface area contributed by atoms with Crippen LogP contribution in [0, 0.1) is 17.3 Å². The fourth-order valence-electron chi connectivity index (χ4n) is 4.38. The maximum absolute atomic E-state index is 13.6. The molecule has 0 unspecified atom stereocenters. The lowest BCUT2D eigenvalue weighted by Gasteiger charge is -2.37. The first-order chi connectivity index (χ1) is 17.1. The highest BCUT2D eigenvalue weighted by Crippen LogP contribution is 2.46. The molecule has 8 nitrogen and oxygen atoms in total. The van der Waals surface area contributed by atoms with Crippen molar-refractivity contribution in [2.24, 2.45) is 17.3 Å². The molecule has 0 fully saturated rings. The van der Waals surface area contributed by atoms with E-state index in [1.807, 2.05) is 13.0 Å². The predicted octanol–water partition coefficient (Wildman–Crippen LogP) is 4.98. The lowest BCUT2D eigenvalue weighted by molar-refractivity contribution is -0.149. The molecule has 1 aliphatic rings. The Labute approximate surface area is 219 Å². The van der Waals surface area contributed by atoms with Crippen molar-refractivity contribution in [3.05, 3.63) is 47.8 Å². The second-order valence-corrected chi connectivity index (χ2v) is 10.6. The van der Waals surface area contributed by atoms with Gasteiger partial charge in [0.25, 0.3) is 0 Å². The molecule has 0 heterocycles. The van der Waals surface area contributed by atoms with Crippen molar-refractivity contribution in [1.82, 2.24) is 0 Å². The Morgan fingerprint density at radius 1 is 1.08 bits per heavy atom. The van der Waals surface area contributed by atoms with Crippen molar-refractivity contribution < 1.29 is 38.2 Å². The molecule has 3 atom stereocenters. The first-order valence-corrected chi connectivity index (χ1v) is 12.3. The van der Waals surface area contributed by atoms with Gasteiger partial charge in [-0.1, -0.05) is 24.6 Å². The molecule has 0 aromatic rings. The first-order valence-electron chi connectivity index (χ1n) is 12.3. The highest BCUT2D eigenvalue weighted by molar-refractivity contribution is 6.00. The van der Waals surface area contributed by atoms with Crippen LogP contribution in [-0.4, -0.2) is 41.7 Å². The third-order valence-corrected chi connectivity index (χ3v) is 6.03. The van der Waals surface area contributed by atoms with Crippen LogP contribution in [0.5, 0.6) is 0 Å². The summed E-state index contributed by atoms with van der Waals surface area (Å²) >= 11 is 0. The zero-order valence-corrected chi connectivity index (χ0v) is 23.2. The molecule has 0 aromatic heterocycles. The summed E-state index contributed by atoms with van der Waals surface area (Å²) in [5, 5.41) is 0. The molecule has 0 aliphatic heterocycles. The van der Waals surface area contributed by atoms with Gasteiger partial charge in [-0.25, -0.2) is 4.79 Å². The van der Waals surface area contributed by atoms with Gasteiger partial charge in [-0.2, -0.15) is 0 Å². The molecular weight excluding hydrogens is 476 g/mol. The van der Waals surface area contributed by atoms with Crippen molar-refractivity contribution >= 4 is 29.5 Å². The average molecular weight is 517 g/mol. The first kappa shape index (κ1) is 31.7. The molecule has 0 spiro atoms. The van der Waals surface area contributed by atoms with E-state index in [1.165, 1.54) is 33.1 Å². The number of carbonyl (C=O) groups is 5. The van der Waals surface area contributed by atoms with E-state index in [0.29, 0.717) is 18.4 Å². The molecular formula is C29H40O8. The van der Waals surface area contributed by atoms with Crippen LogP contribution < -0.4 is 0 Å². The summed E-state index contributed by atoms with van der Waals surface area (Å²) in [5.41, 5.74) is -0.310. The Morgan fingerprint density at radius 3 is 2.27 bits per heavy atom. The Morgan fingerprint density at radius 2 is 1.73 bits per heavy atom. The van der Waals surface area contributed by atoms with E-state index < -0.39 is 40.8 Å². The van der Waals surface area contributed by atoms with Crippen molar-refractivity contribution in [1.29, 1.82) is 0 Å². The van der Waals surface area contributed by atoms with Crippen LogP contribution >= 0.6 is 0 Å². The van der Waals surface area contributed by atoms with Crippen molar-refractivity contribution in [3.63, 3.8) is 0 Å². The second kappa shape index (κ2) is 13.9. The van der Waals surface area contributed by atoms with Crippen LogP contribution in [0.3, 0.4) is 0 Å². The maximum atomic E-state index is 13.6. The number of hydrogen-bond acceptors (Lipinski definition) is 8. The zero-order chi connectivity index (χ0) is 28.4. The summed E-state index contributed by atoms with van der Waals surface area (Å²) in [6, 6.07) is 0. The van der Waals surface area contributed by atoms with Crippen LogP contribution in [0.1, 0.15) is 74.7 Å². The fraction of sp³-hybridized carbons (Fsp3) is 0.552. The molecule has 204 valence electrons. The largest absolute Gasteiger partial charge is 0.461 e. The minimum absolute atomic E-state index is 0.0224. The van der Waals surface area contributed by atoms with E-state index in [0.717, 1.165) is 5.57 Å². The van der Waals surface area contributed by atoms with Gasteiger partial charge in [-0.15, -0.1) is 0 Å². The highest BCUT2D eigenvalue weighted by Gasteiger charge is 2.43. The van der Waals surface area contributed by atoms with Gasteiger partial charge in [0.1, 0.15) is 18.0 Å². The van der Waals surface area contributed by atoms with E-state index in [2.05, 4.69) is 0 Å². The van der Waals surface area contributed by atoms with Crippen molar-refractivity contribution in [2.75, 3.05) is 6.61 Å². The topological polar surface area (TPSA) is 113 Å². The Balaban J connectivity index is 3.48. The minimum Gasteiger partial charge on any atom is -0.461 e. The van der Waals surface area contributed by atoms with Gasteiger partial charge in [-0.05, 0) is 70.9 Å². The number of esters is 3.